The molecular formula is C14H22N2O2. The lowest BCUT2D eigenvalue weighted by Gasteiger charge is -2.10. The first-order chi connectivity index (χ1) is 8.63. The van der Waals surface area contributed by atoms with Gasteiger partial charge in [0.1, 0.15) is 0 Å². The van der Waals surface area contributed by atoms with Crippen LogP contribution in [0.2, 0.25) is 0 Å². The van der Waals surface area contributed by atoms with Gasteiger partial charge in [-0.25, -0.2) is 0 Å². The van der Waals surface area contributed by atoms with Gasteiger partial charge in [0.25, 0.3) is 0 Å². The summed E-state index contributed by atoms with van der Waals surface area (Å²) in [5, 5.41) is 5.99. The van der Waals surface area contributed by atoms with Crippen LogP contribution in [0.1, 0.15) is 17.5 Å². The van der Waals surface area contributed by atoms with Gasteiger partial charge in [-0.3, -0.25) is 4.79 Å². The Morgan fingerprint density at radius 2 is 2.11 bits per heavy atom. The Balaban J connectivity index is 2.33. The van der Waals surface area contributed by atoms with Crippen molar-refractivity contribution < 1.29 is 9.53 Å². The van der Waals surface area contributed by atoms with Gasteiger partial charge in [0.05, 0.1) is 6.54 Å². The zero-order valence-corrected chi connectivity index (χ0v) is 11.4. The Morgan fingerprint density at radius 1 is 1.33 bits per heavy atom. The van der Waals surface area contributed by atoms with Crippen molar-refractivity contribution in [3.05, 3.63) is 29.3 Å². The predicted octanol–water partition coefficient (Wildman–Crippen LogP) is 1.87. The van der Waals surface area contributed by atoms with E-state index in [0.717, 1.165) is 29.8 Å². The molecule has 1 amide bonds. The van der Waals surface area contributed by atoms with Crippen LogP contribution in [0.4, 0.5) is 5.69 Å². The standard InChI is InChI=1S/C14H22N2O2/c1-11-5-6-12(2)13(9-11)16-14(17)10-15-7-4-8-18-3/h5-6,9,15H,4,7-8,10H2,1-3H3,(H,16,17). The van der Waals surface area contributed by atoms with Crippen molar-refractivity contribution in [1.82, 2.24) is 5.32 Å². The van der Waals surface area contributed by atoms with E-state index >= 15 is 0 Å². The van der Waals surface area contributed by atoms with E-state index in [4.69, 9.17) is 4.74 Å². The lowest BCUT2D eigenvalue weighted by Crippen LogP contribution is -2.29. The summed E-state index contributed by atoms with van der Waals surface area (Å²) in [6.07, 6.45) is 0.910. The summed E-state index contributed by atoms with van der Waals surface area (Å²) < 4.78 is 4.93. The van der Waals surface area contributed by atoms with E-state index in [9.17, 15) is 4.79 Å². The van der Waals surface area contributed by atoms with Crippen molar-refractivity contribution in [2.45, 2.75) is 20.3 Å². The van der Waals surface area contributed by atoms with Crippen LogP contribution in [0.15, 0.2) is 18.2 Å². The highest BCUT2D eigenvalue weighted by molar-refractivity contribution is 5.93. The molecule has 0 saturated carbocycles. The minimum Gasteiger partial charge on any atom is -0.385 e. The first-order valence-corrected chi connectivity index (χ1v) is 6.20. The maximum atomic E-state index is 11.7. The quantitative estimate of drug-likeness (QED) is 0.726. The zero-order chi connectivity index (χ0) is 13.4. The van der Waals surface area contributed by atoms with E-state index in [2.05, 4.69) is 10.6 Å². The number of carbonyl (C=O) groups excluding carboxylic acids is 1. The number of rotatable bonds is 7. The average molecular weight is 250 g/mol. The van der Waals surface area contributed by atoms with E-state index in [1.54, 1.807) is 7.11 Å². The molecule has 100 valence electrons. The maximum Gasteiger partial charge on any atom is 0.238 e. The molecule has 2 N–H and O–H groups in total. The molecule has 0 bridgehead atoms. The van der Waals surface area contributed by atoms with Gasteiger partial charge < -0.3 is 15.4 Å². The topological polar surface area (TPSA) is 50.4 Å². The molecule has 1 rings (SSSR count). The summed E-state index contributed by atoms with van der Waals surface area (Å²) in [6.45, 7) is 5.83. The van der Waals surface area contributed by atoms with E-state index in [1.807, 2.05) is 32.0 Å². The number of nitrogens with one attached hydrogen (secondary N) is 2. The van der Waals surface area contributed by atoms with Crippen LogP contribution in [0.3, 0.4) is 0 Å². The zero-order valence-electron chi connectivity index (χ0n) is 11.4. The average Bonchev–Trinajstić information content (AvgIpc) is 2.33. The Kier molecular flexibility index (Phi) is 6.39. The predicted molar refractivity (Wildman–Crippen MR) is 73.9 cm³/mol. The van der Waals surface area contributed by atoms with Crippen LogP contribution < -0.4 is 10.6 Å². The van der Waals surface area contributed by atoms with Crippen LogP contribution in [0, 0.1) is 13.8 Å². The number of ether oxygens (including phenoxy) is 1. The number of aryl methyl sites for hydroxylation is 2. The number of hydrogen-bond donors (Lipinski definition) is 2. The minimum absolute atomic E-state index is 0.0129. The molecule has 1 aromatic rings. The second-order valence-electron chi connectivity index (χ2n) is 4.39. The fraction of sp³-hybridized carbons (Fsp3) is 0.500. The number of anilines is 1. The Morgan fingerprint density at radius 3 is 2.83 bits per heavy atom. The van der Waals surface area contributed by atoms with Crippen molar-refractivity contribution >= 4 is 11.6 Å². The lowest BCUT2D eigenvalue weighted by atomic mass is 10.1. The maximum absolute atomic E-state index is 11.7. The minimum atomic E-state index is -0.0129. The van der Waals surface area contributed by atoms with E-state index in [0.29, 0.717) is 13.2 Å². The van der Waals surface area contributed by atoms with Crippen LogP contribution >= 0.6 is 0 Å². The summed E-state index contributed by atoms with van der Waals surface area (Å²) >= 11 is 0. The molecule has 1 aromatic carbocycles. The molecule has 0 fully saturated rings. The SMILES string of the molecule is COCCCNCC(=O)Nc1cc(C)ccc1C. The molecule has 0 aliphatic rings. The summed E-state index contributed by atoms with van der Waals surface area (Å²) in [6, 6.07) is 6.03. The second-order valence-corrected chi connectivity index (χ2v) is 4.39. The molecule has 0 atom stereocenters. The number of carbonyl (C=O) groups is 1. The van der Waals surface area contributed by atoms with Crippen LogP contribution in [0.25, 0.3) is 0 Å². The number of amides is 1. The molecule has 0 aromatic heterocycles. The largest absolute Gasteiger partial charge is 0.385 e. The third kappa shape index (κ3) is 5.29. The van der Waals surface area contributed by atoms with E-state index in [1.165, 1.54) is 0 Å². The van der Waals surface area contributed by atoms with Gasteiger partial charge >= 0.3 is 0 Å². The van der Waals surface area contributed by atoms with E-state index < -0.39 is 0 Å². The van der Waals surface area contributed by atoms with E-state index in [-0.39, 0.29) is 5.91 Å². The van der Waals surface area contributed by atoms with Crippen LogP contribution in [-0.2, 0) is 9.53 Å². The fourth-order valence-electron chi connectivity index (χ4n) is 1.61. The molecule has 4 heteroatoms. The number of hydrogen-bond acceptors (Lipinski definition) is 3. The van der Waals surface area contributed by atoms with Crippen molar-refractivity contribution in [2.24, 2.45) is 0 Å². The van der Waals surface area contributed by atoms with Gasteiger partial charge in [0.2, 0.25) is 5.91 Å². The Hall–Kier alpha value is -1.39. The third-order valence-electron chi connectivity index (χ3n) is 2.65. The normalized spacial score (nSPS) is 10.4. The van der Waals surface area contributed by atoms with Gasteiger partial charge in [-0.05, 0) is 44.0 Å². The smallest absolute Gasteiger partial charge is 0.238 e. The van der Waals surface area contributed by atoms with Crippen molar-refractivity contribution in [3.63, 3.8) is 0 Å². The first kappa shape index (κ1) is 14.7. The molecule has 4 nitrogen and oxygen atoms in total. The van der Waals surface area contributed by atoms with Gasteiger partial charge in [0, 0.05) is 19.4 Å². The summed E-state index contributed by atoms with van der Waals surface area (Å²) in [5.41, 5.74) is 3.11. The second kappa shape index (κ2) is 7.84. The summed E-state index contributed by atoms with van der Waals surface area (Å²) in [4.78, 5) is 11.7. The van der Waals surface area contributed by atoms with Crippen molar-refractivity contribution in [3.8, 4) is 0 Å². The molecule has 0 unspecified atom stereocenters. The molecule has 0 spiro atoms. The highest BCUT2D eigenvalue weighted by Crippen LogP contribution is 2.15. The Labute approximate surface area is 109 Å². The number of methoxy groups -OCH3 is 1. The highest BCUT2D eigenvalue weighted by Gasteiger charge is 2.04. The summed E-state index contributed by atoms with van der Waals surface area (Å²) in [5.74, 6) is -0.0129. The van der Waals surface area contributed by atoms with Gasteiger partial charge in [-0.15, -0.1) is 0 Å². The Bertz CT molecular complexity index is 391. The van der Waals surface area contributed by atoms with Gasteiger partial charge in [-0.2, -0.15) is 0 Å². The number of benzene rings is 1. The molecular weight excluding hydrogens is 228 g/mol. The van der Waals surface area contributed by atoms with Gasteiger partial charge in [0.15, 0.2) is 0 Å². The lowest BCUT2D eigenvalue weighted by molar-refractivity contribution is -0.115. The summed E-state index contributed by atoms with van der Waals surface area (Å²) in [7, 11) is 1.67. The molecule has 0 radical (unpaired) electrons. The van der Waals surface area contributed by atoms with Crippen LogP contribution in [-0.4, -0.2) is 32.7 Å². The van der Waals surface area contributed by atoms with Crippen molar-refractivity contribution in [2.75, 3.05) is 32.1 Å². The van der Waals surface area contributed by atoms with Crippen LogP contribution in [0.5, 0.6) is 0 Å². The van der Waals surface area contributed by atoms with Gasteiger partial charge in [-0.1, -0.05) is 12.1 Å². The molecule has 0 saturated heterocycles. The monoisotopic (exact) mass is 250 g/mol. The molecule has 0 heterocycles. The highest BCUT2D eigenvalue weighted by atomic mass is 16.5. The molecule has 18 heavy (non-hydrogen) atoms. The van der Waals surface area contributed by atoms with Crippen molar-refractivity contribution in [1.29, 1.82) is 0 Å². The molecule has 0 aliphatic heterocycles. The third-order valence-corrected chi connectivity index (χ3v) is 2.65. The fourth-order valence-corrected chi connectivity index (χ4v) is 1.61. The molecule has 0 aliphatic carbocycles. The first-order valence-electron chi connectivity index (χ1n) is 6.20.